The van der Waals surface area contributed by atoms with Crippen LogP contribution in [0.5, 0.6) is 0 Å². The Morgan fingerprint density at radius 2 is 2.00 bits per heavy atom. The summed E-state index contributed by atoms with van der Waals surface area (Å²) in [5.74, 6) is 1.28. The number of rotatable bonds is 5. The van der Waals surface area contributed by atoms with Crippen molar-refractivity contribution in [3.05, 3.63) is 71.9 Å². The molecule has 0 spiro atoms. The molecule has 2 aromatic carbocycles. The van der Waals surface area contributed by atoms with E-state index >= 15 is 0 Å². The maximum Gasteiger partial charge on any atom is 0.153 e. The Balaban J connectivity index is 1.36. The molecule has 0 atom stereocenters. The van der Waals surface area contributed by atoms with E-state index in [2.05, 4.69) is 25.1 Å². The molecule has 7 heteroatoms. The molecule has 0 aliphatic rings. The van der Waals surface area contributed by atoms with Crippen molar-refractivity contribution in [3.63, 3.8) is 0 Å². The predicted molar refractivity (Wildman–Crippen MR) is 105 cm³/mol. The lowest BCUT2D eigenvalue weighted by molar-refractivity contribution is 0.312. The molecule has 5 aromatic rings. The molecule has 6 nitrogen and oxygen atoms in total. The molecule has 0 fully saturated rings. The highest BCUT2D eigenvalue weighted by Crippen LogP contribution is 2.29. The molecule has 0 aliphatic heterocycles. The van der Waals surface area contributed by atoms with Crippen molar-refractivity contribution >= 4 is 22.0 Å². The molecule has 0 radical (unpaired) electrons. The quantitative estimate of drug-likeness (QED) is 0.475. The topological polar surface area (TPSA) is 73.7 Å². The lowest BCUT2D eigenvalue weighted by atomic mass is 10.2. The van der Waals surface area contributed by atoms with Crippen LogP contribution in [0.2, 0.25) is 0 Å². The largest absolute Gasteiger partial charge is 0.454 e. The molecule has 0 unspecified atom stereocenters. The summed E-state index contributed by atoms with van der Waals surface area (Å²) in [5, 5.41) is 8.30. The number of hydrogen-bond donors (Lipinski definition) is 2. The zero-order chi connectivity index (χ0) is 19.1. The van der Waals surface area contributed by atoms with Gasteiger partial charge in [-0.1, -0.05) is 18.2 Å². The van der Waals surface area contributed by atoms with Gasteiger partial charge in [0.15, 0.2) is 5.76 Å². The summed E-state index contributed by atoms with van der Waals surface area (Å²) in [6.07, 6.45) is 1.81. The van der Waals surface area contributed by atoms with Crippen LogP contribution in [0.1, 0.15) is 11.4 Å². The van der Waals surface area contributed by atoms with E-state index in [4.69, 9.17) is 4.42 Å². The van der Waals surface area contributed by atoms with Gasteiger partial charge in [-0.2, -0.15) is 5.10 Å². The Morgan fingerprint density at radius 3 is 2.89 bits per heavy atom. The predicted octanol–water partition coefficient (Wildman–Crippen LogP) is 4.47. The van der Waals surface area contributed by atoms with Crippen molar-refractivity contribution in [2.45, 2.75) is 13.1 Å². The Morgan fingerprint density at radius 1 is 1.11 bits per heavy atom. The lowest BCUT2D eigenvalue weighted by Gasteiger charge is -2.14. The number of H-pyrrole nitrogens is 2. The number of halogens is 1. The van der Waals surface area contributed by atoms with Gasteiger partial charge in [-0.25, -0.2) is 9.37 Å². The van der Waals surface area contributed by atoms with E-state index in [0.717, 1.165) is 39.3 Å². The molecule has 140 valence electrons. The maximum atomic E-state index is 13.4. The molecule has 0 saturated carbocycles. The smallest absolute Gasteiger partial charge is 0.153 e. The molecule has 28 heavy (non-hydrogen) atoms. The number of fused-ring (bicyclic) bond motifs is 2. The highest BCUT2D eigenvalue weighted by Gasteiger charge is 2.15. The van der Waals surface area contributed by atoms with Crippen LogP contribution >= 0.6 is 0 Å². The van der Waals surface area contributed by atoms with Gasteiger partial charge >= 0.3 is 0 Å². The van der Waals surface area contributed by atoms with E-state index in [1.54, 1.807) is 6.07 Å². The molecule has 0 amide bonds. The minimum atomic E-state index is -0.273. The van der Waals surface area contributed by atoms with Crippen molar-refractivity contribution in [2.75, 3.05) is 7.05 Å². The fourth-order valence-corrected chi connectivity index (χ4v) is 3.46. The summed E-state index contributed by atoms with van der Waals surface area (Å²) in [7, 11) is 2.00. The number of nitrogens with one attached hydrogen (secondary N) is 2. The van der Waals surface area contributed by atoms with Crippen molar-refractivity contribution < 1.29 is 8.81 Å². The minimum absolute atomic E-state index is 0.273. The number of imidazole rings is 1. The molecule has 3 aromatic heterocycles. The average molecular weight is 375 g/mol. The number of hydrogen-bond acceptors (Lipinski definition) is 4. The summed E-state index contributed by atoms with van der Waals surface area (Å²) in [6, 6.07) is 14.5. The Hall–Kier alpha value is -3.45. The summed E-state index contributed by atoms with van der Waals surface area (Å²) < 4.78 is 19.3. The first kappa shape index (κ1) is 16.7. The summed E-state index contributed by atoms with van der Waals surface area (Å²) in [6.45, 7) is 1.26. The molecule has 3 heterocycles. The third-order valence-corrected chi connectivity index (χ3v) is 4.74. The van der Waals surface area contributed by atoms with Crippen molar-refractivity contribution in [1.82, 2.24) is 25.1 Å². The average Bonchev–Trinajstić information content (AvgIpc) is 3.38. The van der Waals surface area contributed by atoms with Crippen LogP contribution in [0.4, 0.5) is 4.39 Å². The van der Waals surface area contributed by atoms with Crippen molar-refractivity contribution in [3.8, 4) is 11.5 Å². The molecule has 5 rings (SSSR count). The fraction of sp³-hybridized carbons (Fsp3) is 0.143. The zero-order valence-corrected chi connectivity index (χ0v) is 15.2. The van der Waals surface area contributed by atoms with E-state index in [0.29, 0.717) is 18.6 Å². The third-order valence-electron chi connectivity index (χ3n) is 4.74. The second kappa shape index (κ2) is 6.61. The van der Waals surface area contributed by atoms with Crippen LogP contribution in [0.15, 0.2) is 59.1 Å². The monoisotopic (exact) mass is 375 g/mol. The lowest BCUT2D eigenvalue weighted by Crippen LogP contribution is -2.18. The first-order valence-corrected chi connectivity index (χ1v) is 8.99. The van der Waals surface area contributed by atoms with Gasteiger partial charge in [0.1, 0.15) is 22.9 Å². The van der Waals surface area contributed by atoms with Gasteiger partial charge < -0.3 is 9.40 Å². The Kier molecular flexibility index (Phi) is 3.95. The summed E-state index contributed by atoms with van der Waals surface area (Å²) in [4.78, 5) is 9.82. The molecule has 0 saturated heterocycles. The van der Waals surface area contributed by atoms with E-state index in [1.807, 2.05) is 43.6 Å². The van der Waals surface area contributed by atoms with E-state index in [1.165, 1.54) is 12.1 Å². The number of aromatic nitrogens is 4. The second-order valence-electron chi connectivity index (χ2n) is 6.94. The van der Waals surface area contributed by atoms with Gasteiger partial charge in [0, 0.05) is 17.5 Å². The van der Waals surface area contributed by atoms with Gasteiger partial charge in [0.2, 0.25) is 0 Å². The van der Waals surface area contributed by atoms with Gasteiger partial charge in [0.25, 0.3) is 0 Å². The summed E-state index contributed by atoms with van der Waals surface area (Å²) >= 11 is 0. The van der Waals surface area contributed by atoms with Crippen LogP contribution in [0.3, 0.4) is 0 Å². The van der Waals surface area contributed by atoms with Crippen LogP contribution in [0.25, 0.3) is 33.5 Å². The number of benzene rings is 2. The van der Waals surface area contributed by atoms with Gasteiger partial charge in [0.05, 0.1) is 23.8 Å². The maximum absolute atomic E-state index is 13.4. The number of nitrogens with zero attached hydrogens (tertiary/aromatic N) is 3. The van der Waals surface area contributed by atoms with E-state index in [-0.39, 0.29) is 5.82 Å². The van der Waals surface area contributed by atoms with Crippen LogP contribution in [-0.2, 0) is 13.1 Å². The molecule has 0 aliphatic carbocycles. The van der Waals surface area contributed by atoms with Crippen LogP contribution in [0, 0.1) is 5.82 Å². The van der Waals surface area contributed by atoms with Gasteiger partial charge in [-0.05, 0) is 37.4 Å². The minimum Gasteiger partial charge on any atom is -0.454 e. The van der Waals surface area contributed by atoms with Gasteiger partial charge in [-0.15, -0.1) is 0 Å². The van der Waals surface area contributed by atoms with Crippen LogP contribution in [-0.4, -0.2) is 32.1 Å². The van der Waals surface area contributed by atoms with E-state index in [9.17, 15) is 4.39 Å². The number of para-hydroxylation sites is 1. The van der Waals surface area contributed by atoms with Crippen molar-refractivity contribution in [2.24, 2.45) is 0 Å². The number of furan rings is 1. The van der Waals surface area contributed by atoms with Gasteiger partial charge in [-0.3, -0.25) is 10.00 Å². The molecular formula is C21H18FN5O. The molecular weight excluding hydrogens is 357 g/mol. The zero-order valence-electron chi connectivity index (χ0n) is 15.2. The standard InChI is InChI=1S/C21H18FN5O/c1-27(12-20-24-16-7-6-15(22)9-17(16)25-20)11-14-10-23-26-21(14)19-8-13-4-2-3-5-18(13)28-19/h2-10H,11-12H2,1H3,(H,23,26)(H,24,25). The first-order valence-electron chi connectivity index (χ1n) is 8.99. The SMILES string of the molecule is CN(Cc1nc2ccc(F)cc2[nH]1)Cc1cn[nH]c1-c1cc2ccccc2o1. The molecule has 0 bridgehead atoms. The Bertz CT molecular complexity index is 1240. The first-order chi connectivity index (χ1) is 13.7. The second-order valence-corrected chi connectivity index (χ2v) is 6.94. The fourth-order valence-electron chi connectivity index (χ4n) is 3.46. The number of aromatic amines is 2. The molecule has 2 N–H and O–H groups in total. The third kappa shape index (κ3) is 3.05. The highest BCUT2D eigenvalue weighted by molar-refractivity contribution is 5.82. The van der Waals surface area contributed by atoms with E-state index < -0.39 is 0 Å². The Labute approximate surface area is 160 Å². The highest BCUT2D eigenvalue weighted by atomic mass is 19.1. The summed E-state index contributed by atoms with van der Waals surface area (Å²) in [5.41, 5.74) is 4.21. The normalized spacial score (nSPS) is 11.8. The van der Waals surface area contributed by atoms with Crippen LogP contribution < -0.4 is 0 Å². The van der Waals surface area contributed by atoms with Crippen molar-refractivity contribution in [1.29, 1.82) is 0 Å².